The van der Waals surface area contributed by atoms with Gasteiger partial charge in [0.25, 0.3) is 0 Å². The minimum Gasteiger partial charge on any atom is -0.393 e. The van der Waals surface area contributed by atoms with Gasteiger partial charge in [-0.2, -0.15) is 0 Å². The van der Waals surface area contributed by atoms with Crippen molar-refractivity contribution >= 4 is 28.1 Å². The number of nitrogens with zero attached hydrogens (tertiary/aromatic N) is 4. The fraction of sp³-hybridized carbons (Fsp3) is 0.348. The summed E-state index contributed by atoms with van der Waals surface area (Å²) in [7, 11) is 1.65. The van der Waals surface area contributed by atoms with Gasteiger partial charge in [-0.3, -0.25) is 5.41 Å². The molecule has 32 heavy (non-hydrogen) atoms. The fourth-order valence-corrected chi connectivity index (χ4v) is 4.11. The Hall–Kier alpha value is -3.46. The summed E-state index contributed by atoms with van der Waals surface area (Å²) in [4.78, 5) is 22.9. The highest BCUT2D eigenvalue weighted by atomic mass is 19.1. The number of allylic oxidation sites excluding steroid dienone is 4. The Labute approximate surface area is 185 Å². The Kier molecular flexibility index (Phi) is 6.09. The predicted octanol–water partition coefficient (Wildman–Crippen LogP) is 3.67. The van der Waals surface area contributed by atoms with Gasteiger partial charge in [-0.15, -0.1) is 4.91 Å². The van der Waals surface area contributed by atoms with E-state index in [1.54, 1.807) is 19.2 Å². The van der Waals surface area contributed by atoms with Crippen LogP contribution in [-0.4, -0.2) is 47.9 Å². The van der Waals surface area contributed by atoms with Gasteiger partial charge in [0.15, 0.2) is 11.5 Å². The molecule has 2 aromatic heterocycles. The van der Waals surface area contributed by atoms with Crippen LogP contribution in [0.3, 0.4) is 0 Å². The first-order valence-corrected chi connectivity index (χ1v) is 10.6. The second kappa shape index (κ2) is 8.96. The monoisotopic (exact) mass is 435 g/mol. The fourth-order valence-electron chi connectivity index (χ4n) is 4.11. The summed E-state index contributed by atoms with van der Waals surface area (Å²) in [5.74, 6) is -0.0705. The van der Waals surface area contributed by atoms with E-state index in [4.69, 9.17) is 10.4 Å². The summed E-state index contributed by atoms with van der Waals surface area (Å²) in [6.07, 6.45) is 4.11. The zero-order valence-corrected chi connectivity index (χ0v) is 18.3. The predicted molar refractivity (Wildman–Crippen MR) is 125 cm³/mol. The number of fused-ring (bicyclic) bond motifs is 1. The van der Waals surface area contributed by atoms with E-state index in [1.165, 1.54) is 6.20 Å². The molecule has 0 aromatic carbocycles. The topological polar surface area (TPSA) is 106 Å². The first-order chi connectivity index (χ1) is 15.4. The van der Waals surface area contributed by atoms with Crippen molar-refractivity contribution in [3.05, 3.63) is 64.2 Å². The van der Waals surface area contributed by atoms with Crippen LogP contribution in [-0.2, 0) is 0 Å². The number of anilines is 1. The van der Waals surface area contributed by atoms with Gasteiger partial charge < -0.3 is 15.5 Å². The van der Waals surface area contributed by atoms with Crippen molar-refractivity contribution in [1.82, 2.24) is 20.6 Å². The molecule has 0 bridgehead atoms. The van der Waals surface area contributed by atoms with Crippen LogP contribution in [0.1, 0.15) is 26.0 Å². The summed E-state index contributed by atoms with van der Waals surface area (Å²) in [5.41, 5.74) is 1.49. The number of aromatic nitrogens is 2. The van der Waals surface area contributed by atoms with Crippen molar-refractivity contribution < 1.29 is 4.39 Å². The van der Waals surface area contributed by atoms with E-state index in [0.717, 1.165) is 25.3 Å². The number of rotatable bonds is 6. The van der Waals surface area contributed by atoms with E-state index < -0.39 is 11.5 Å². The largest absolute Gasteiger partial charge is 0.393 e. The van der Waals surface area contributed by atoms with Crippen LogP contribution in [0.15, 0.2) is 58.8 Å². The van der Waals surface area contributed by atoms with Gasteiger partial charge >= 0.3 is 0 Å². The maximum absolute atomic E-state index is 14.6. The zero-order valence-electron chi connectivity index (χ0n) is 18.3. The summed E-state index contributed by atoms with van der Waals surface area (Å²) >= 11 is 0. The third kappa shape index (κ3) is 4.16. The van der Waals surface area contributed by atoms with Crippen LogP contribution >= 0.6 is 0 Å². The molecule has 2 aromatic rings. The molecule has 1 atom stereocenters. The minimum absolute atomic E-state index is 0.239. The van der Waals surface area contributed by atoms with Crippen molar-refractivity contribution in [3.63, 3.8) is 0 Å². The van der Waals surface area contributed by atoms with Crippen LogP contribution in [0.2, 0.25) is 0 Å². The molecule has 1 fully saturated rings. The molecule has 166 valence electrons. The van der Waals surface area contributed by atoms with Crippen molar-refractivity contribution in [2.75, 3.05) is 25.0 Å². The summed E-state index contributed by atoms with van der Waals surface area (Å²) in [5, 5.41) is 17.1. The molecule has 1 aliphatic carbocycles. The minimum atomic E-state index is -0.965. The number of nitrogens with one attached hydrogen (secondary N) is 3. The quantitative estimate of drug-likeness (QED) is 0.598. The number of hydrogen-bond acceptors (Lipinski definition) is 8. The van der Waals surface area contributed by atoms with Crippen LogP contribution in [0, 0.1) is 10.3 Å². The molecule has 9 heteroatoms. The normalized spacial score (nSPS) is 20.5. The summed E-state index contributed by atoms with van der Waals surface area (Å²) in [6.45, 7) is 6.14. The number of halogens is 1. The first-order valence-electron chi connectivity index (χ1n) is 10.6. The van der Waals surface area contributed by atoms with E-state index in [1.807, 2.05) is 18.2 Å². The highest BCUT2D eigenvalue weighted by Crippen LogP contribution is 2.34. The smallest absolute Gasteiger partial charge is 0.178 e. The highest BCUT2D eigenvalue weighted by Gasteiger charge is 2.27. The second-order valence-corrected chi connectivity index (χ2v) is 8.23. The van der Waals surface area contributed by atoms with Crippen molar-refractivity contribution in [2.45, 2.75) is 32.4 Å². The molecule has 4 rings (SSSR count). The van der Waals surface area contributed by atoms with E-state index in [9.17, 15) is 9.30 Å². The maximum Gasteiger partial charge on any atom is 0.178 e. The maximum atomic E-state index is 14.6. The van der Waals surface area contributed by atoms with Crippen molar-refractivity contribution in [3.8, 4) is 0 Å². The lowest BCUT2D eigenvalue weighted by molar-refractivity contribution is 0.492. The molecule has 0 saturated carbocycles. The Bertz CT molecular complexity index is 1170. The summed E-state index contributed by atoms with van der Waals surface area (Å²) < 4.78 is 14.6. The Morgan fingerprint density at radius 1 is 1.25 bits per heavy atom. The molecule has 3 heterocycles. The molecule has 1 aliphatic heterocycles. The van der Waals surface area contributed by atoms with E-state index in [0.29, 0.717) is 34.4 Å². The van der Waals surface area contributed by atoms with Gasteiger partial charge in [-0.05, 0) is 41.9 Å². The standard InChI is InChI=1S/C23H26FN7O/c1-13(2)27-15-8-9-31(12-15)20-7-6-18-19(29-20)5-4-17(28-18)16-10-14(11-26-3)22(25)21(24)23(16)30-32/h4-7,10-11,13,15,25-27H,8-9,12H2,1-3H3/b14-11-,25-22?. The molecule has 0 amide bonds. The average molecular weight is 436 g/mol. The molecule has 8 nitrogen and oxygen atoms in total. The lowest BCUT2D eigenvalue weighted by Crippen LogP contribution is -2.37. The molecule has 0 spiro atoms. The Balaban J connectivity index is 1.65. The SMILES string of the molecule is CN/C=C1/C=C(c2ccc3nc(N4CCC(NC(C)C)C4)ccc3n2)C(N=O)=C(F)C1=N. The molecule has 0 radical (unpaired) electrons. The molecule has 1 saturated heterocycles. The third-order valence-corrected chi connectivity index (χ3v) is 5.55. The zero-order chi connectivity index (χ0) is 22.8. The van der Waals surface area contributed by atoms with Gasteiger partial charge in [0.2, 0.25) is 0 Å². The van der Waals surface area contributed by atoms with Crippen LogP contribution in [0.4, 0.5) is 10.2 Å². The lowest BCUT2D eigenvalue weighted by atomic mass is 9.94. The van der Waals surface area contributed by atoms with Gasteiger partial charge in [0, 0.05) is 49.6 Å². The molecular weight excluding hydrogens is 409 g/mol. The first kappa shape index (κ1) is 21.8. The van der Waals surface area contributed by atoms with Gasteiger partial charge in [0.05, 0.1) is 16.7 Å². The highest BCUT2D eigenvalue weighted by molar-refractivity contribution is 6.16. The number of nitroso groups, excluding NO2 is 1. The second-order valence-electron chi connectivity index (χ2n) is 8.23. The lowest BCUT2D eigenvalue weighted by Gasteiger charge is -2.20. The summed E-state index contributed by atoms with van der Waals surface area (Å²) in [6, 6.07) is 8.21. The average Bonchev–Trinajstić information content (AvgIpc) is 3.24. The van der Waals surface area contributed by atoms with E-state index in [2.05, 4.69) is 39.5 Å². The number of pyridine rings is 2. The molecular formula is C23H26FN7O. The van der Waals surface area contributed by atoms with Gasteiger partial charge in [-0.1, -0.05) is 13.8 Å². The Morgan fingerprint density at radius 3 is 2.72 bits per heavy atom. The van der Waals surface area contributed by atoms with Gasteiger partial charge in [-0.25, -0.2) is 14.4 Å². The molecule has 3 N–H and O–H groups in total. The Morgan fingerprint density at radius 2 is 2.00 bits per heavy atom. The third-order valence-electron chi connectivity index (χ3n) is 5.55. The van der Waals surface area contributed by atoms with Crippen LogP contribution < -0.4 is 15.5 Å². The van der Waals surface area contributed by atoms with Crippen molar-refractivity contribution in [2.24, 2.45) is 5.18 Å². The van der Waals surface area contributed by atoms with Gasteiger partial charge in [0.1, 0.15) is 11.5 Å². The van der Waals surface area contributed by atoms with Crippen LogP contribution in [0.5, 0.6) is 0 Å². The number of hydrogen-bond donors (Lipinski definition) is 3. The van der Waals surface area contributed by atoms with Crippen molar-refractivity contribution in [1.29, 1.82) is 5.41 Å². The molecule has 2 aliphatic rings. The molecule has 1 unspecified atom stereocenters. The van der Waals surface area contributed by atoms with E-state index in [-0.39, 0.29) is 11.3 Å². The van der Waals surface area contributed by atoms with E-state index >= 15 is 0 Å². The van der Waals surface area contributed by atoms with Crippen LogP contribution in [0.25, 0.3) is 16.6 Å².